The fraction of sp³-hybridized carbons (Fsp3) is 0.583. The fourth-order valence-corrected chi connectivity index (χ4v) is 2.87. The molecule has 1 aromatic rings. The molecule has 0 atom stereocenters. The van der Waals surface area contributed by atoms with Gasteiger partial charge in [0.2, 0.25) is 0 Å². The Morgan fingerprint density at radius 1 is 1.40 bits per heavy atom. The average molecular weight is 223 g/mol. The Morgan fingerprint density at radius 2 is 2.07 bits per heavy atom. The lowest BCUT2D eigenvalue weighted by Crippen LogP contribution is -2.32. The largest absolute Gasteiger partial charge is 0.363 e. The first kappa shape index (κ1) is 10.7. The van der Waals surface area contributed by atoms with E-state index in [0.717, 1.165) is 23.9 Å². The van der Waals surface area contributed by atoms with Crippen molar-refractivity contribution in [2.45, 2.75) is 26.7 Å². The van der Waals surface area contributed by atoms with Crippen LogP contribution in [0.25, 0.3) is 0 Å². The highest BCUT2D eigenvalue weighted by atomic mass is 32.1. The molecule has 1 aliphatic heterocycles. The van der Waals surface area contributed by atoms with Crippen molar-refractivity contribution in [3.8, 4) is 0 Å². The molecule has 0 spiro atoms. The van der Waals surface area contributed by atoms with Gasteiger partial charge in [0.15, 0.2) is 5.78 Å². The van der Waals surface area contributed by atoms with E-state index in [1.807, 2.05) is 6.07 Å². The summed E-state index contributed by atoms with van der Waals surface area (Å²) in [5, 5.41) is 1.26. The van der Waals surface area contributed by atoms with Crippen molar-refractivity contribution in [2.75, 3.05) is 18.0 Å². The van der Waals surface area contributed by atoms with Gasteiger partial charge in [-0.2, -0.15) is 0 Å². The lowest BCUT2D eigenvalue weighted by Gasteiger charge is -2.30. The molecule has 1 fully saturated rings. The van der Waals surface area contributed by atoms with Crippen LogP contribution in [0.4, 0.5) is 5.00 Å². The van der Waals surface area contributed by atoms with Gasteiger partial charge in [-0.05, 0) is 37.8 Å². The van der Waals surface area contributed by atoms with Gasteiger partial charge in [-0.3, -0.25) is 4.79 Å². The predicted octanol–water partition coefficient (Wildman–Crippen LogP) is 3.19. The highest BCUT2D eigenvalue weighted by Gasteiger charge is 2.17. The minimum Gasteiger partial charge on any atom is -0.363 e. The third kappa shape index (κ3) is 2.40. The van der Waals surface area contributed by atoms with Crippen molar-refractivity contribution in [3.05, 3.63) is 17.0 Å². The zero-order valence-corrected chi connectivity index (χ0v) is 10.1. The molecule has 0 N–H and O–H groups in total. The first-order valence-corrected chi connectivity index (χ1v) is 6.34. The Balaban J connectivity index is 2.06. The van der Waals surface area contributed by atoms with Crippen LogP contribution >= 0.6 is 11.3 Å². The van der Waals surface area contributed by atoms with E-state index < -0.39 is 0 Å². The summed E-state index contributed by atoms with van der Waals surface area (Å²) >= 11 is 1.63. The molecule has 1 saturated heterocycles. The zero-order valence-electron chi connectivity index (χ0n) is 9.32. The van der Waals surface area contributed by atoms with E-state index >= 15 is 0 Å². The van der Waals surface area contributed by atoms with Crippen LogP contribution in [-0.4, -0.2) is 18.9 Å². The van der Waals surface area contributed by atoms with E-state index in [-0.39, 0.29) is 5.78 Å². The zero-order chi connectivity index (χ0) is 10.8. The molecule has 0 amide bonds. The van der Waals surface area contributed by atoms with Crippen molar-refractivity contribution < 1.29 is 4.79 Å². The number of piperidine rings is 1. The highest BCUT2D eigenvalue weighted by molar-refractivity contribution is 7.18. The predicted molar refractivity (Wildman–Crippen MR) is 64.9 cm³/mol. The Bertz CT molecular complexity index is 350. The summed E-state index contributed by atoms with van der Waals surface area (Å²) in [5.41, 5.74) is 0. The van der Waals surface area contributed by atoms with Crippen molar-refractivity contribution in [2.24, 2.45) is 5.92 Å². The van der Waals surface area contributed by atoms with Gasteiger partial charge in [-0.1, -0.05) is 6.92 Å². The van der Waals surface area contributed by atoms with Crippen molar-refractivity contribution >= 4 is 22.1 Å². The third-order valence-corrected chi connectivity index (χ3v) is 4.28. The summed E-state index contributed by atoms with van der Waals surface area (Å²) in [6, 6.07) is 4.03. The standard InChI is InChI=1S/C12H17NOS/c1-9-5-7-13(8-6-9)12-4-3-11(15-12)10(2)14/h3-4,9H,5-8H2,1-2H3. The Hall–Kier alpha value is -0.830. The molecule has 2 rings (SSSR count). The molecule has 0 unspecified atom stereocenters. The van der Waals surface area contributed by atoms with Crippen LogP contribution in [0.3, 0.4) is 0 Å². The van der Waals surface area contributed by atoms with Gasteiger partial charge in [-0.25, -0.2) is 0 Å². The molecule has 2 heterocycles. The number of hydrogen-bond acceptors (Lipinski definition) is 3. The maximum absolute atomic E-state index is 11.2. The van der Waals surface area contributed by atoms with Gasteiger partial charge in [-0.15, -0.1) is 11.3 Å². The monoisotopic (exact) mass is 223 g/mol. The number of hydrogen-bond donors (Lipinski definition) is 0. The van der Waals surface area contributed by atoms with Crippen LogP contribution in [-0.2, 0) is 0 Å². The van der Waals surface area contributed by atoms with E-state index in [0.29, 0.717) is 0 Å². The second-order valence-electron chi connectivity index (χ2n) is 4.36. The molecule has 0 bridgehead atoms. The molecule has 0 saturated carbocycles. The first-order chi connectivity index (χ1) is 7.16. The van der Waals surface area contributed by atoms with Crippen LogP contribution in [0.2, 0.25) is 0 Å². The number of thiophene rings is 1. The van der Waals surface area contributed by atoms with E-state index in [1.165, 1.54) is 17.8 Å². The molecule has 3 heteroatoms. The molecule has 82 valence electrons. The minimum atomic E-state index is 0.177. The van der Waals surface area contributed by atoms with Gasteiger partial charge in [0.05, 0.1) is 9.88 Å². The smallest absolute Gasteiger partial charge is 0.169 e. The summed E-state index contributed by atoms with van der Waals surface area (Å²) in [4.78, 5) is 14.5. The first-order valence-electron chi connectivity index (χ1n) is 5.52. The van der Waals surface area contributed by atoms with E-state index in [2.05, 4.69) is 17.9 Å². The molecule has 1 aromatic heterocycles. The molecule has 2 nitrogen and oxygen atoms in total. The topological polar surface area (TPSA) is 20.3 Å². The Morgan fingerprint density at radius 3 is 2.60 bits per heavy atom. The minimum absolute atomic E-state index is 0.177. The van der Waals surface area contributed by atoms with Crippen LogP contribution in [0.15, 0.2) is 12.1 Å². The SMILES string of the molecule is CC(=O)c1ccc(N2CCC(C)CC2)s1. The van der Waals surface area contributed by atoms with Crippen molar-refractivity contribution in [1.29, 1.82) is 0 Å². The average Bonchev–Trinajstić information content (AvgIpc) is 2.68. The number of carbonyl (C=O) groups excluding carboxylic acids is 1. The van der Waals surface area contributed by atoms with Crippen LogP contribution < -0.4 is 4.90 Å². The molecule has 0 radical (unpaired) electrons. The molecule has 0 aliphatic carbocycles. The number of rotatable bonds is 2. The van der Waals surface area contributed by atoms with Gasteiger partial charge >= 0.3 is 0 Å². The number of anilines is 1. The molecule has 1 aliphatic rings. The Kier molecular flexibility index (Phi) is 3.10. The quantitative estimate of drug-likeness (QED) is 0.718. The summed E-state index contributed by atoms with van der Waals surface area (Å²) in [5.74, 6) is 1.03. The third-order valence-electron chi connectivity index (χ3n) is 3.03. The molecular weight excluding hydrogens is 206 g/mol. The van der Waals surface area contributed by atoms with Crippen LogP contribution in [0.5, 0.6) is 0 Å². The fourth-order valence-electron chi connectivity index (χ4n) is 1.92. The summed E-state index contributed by atoms with van der Waals surface area (Å²) < 4.78 is 0. The molecule has 15 heavy (non-hydrogen) atoms. The van der Waals surface area contributed by atoms with E-state index in [9.17, 15) is 4.79 Å². The Labute approximate surface area is 94.9 Å². The van der Waals surface area contributed by atoms with Gasteiger partial charge in [0.1, 0.15) is 0 Å². The summed E-state index contributed by atoms with van der Waals surface area (Å²) in [6.07, 6.45) is 2.54. The lowest BCUT2D eigenvalue weighted by molar-refractivity contribution is 0.102. The van der Waals surface area contributed by atoms with Gasteiger partial charge in [0.25, 0.3) is 0 Å². The van der Waals surface area contributed by atoms with Gasteiger partial charge in [0, 0.05) is 13.1 Å². The second kappa shape index (κ2) is 4.35. The molecule has 0 aromatic carbocycles. The van der Waals surface area contributed by atoms with Crippen LogP contribution in [0.1, 0.15) is 36.4 Å². The highest BCUT2D eigenvalue weighted by Crippen LogP contribution is 2.29. The van der Waals surface area contributed by atoms with E-state index in [1.54, 1.807) is 18.3 Å². The van der Waals surface area contributed by atoms with Crippen molar-refractivity contribution in [1.82, 2.24) is 0 Å². The normalized spacial score (nSPS) is 18.1. The second-order valence-corrected chi connectivity index (χ2v) is 5.43. The lowest BCUT2D eigenvalue weighted by atomic mass is 10.00. The molecular formula is C12H17NOS. The van der Waals surface area contributed by atoms with Crippen LogP contribution in [0, 0.1) is 5.92 Å². The summed E-state index contributed by atoms with van der Waals surface area (Å²) in [6.45, 7) is 6.22. The number of ketones is 1. The van der Waals surface area contributed by atoms with Gasteiger partial charge < -0.3 is 4.90 Å². The summed E-state index contributed by atoms with van der Waals surface area (Å²) in [7, 11) is 0. The number of nitrogens with zero attached hydrogens (tertiary/aromatic N) is 1. The number of Topliss-reactive ketones (excluding diaryl/α,β-unsaturated/α-hetero) is 1. The van der Waals surface area contributed by atoms with Crippen molar-refractivity contribution in [3.63, 3.8) is 0 Å². The number of carbonyl (C=O) groups is 1. The maximum atomic E-state index is 11.2. The van der Waals surface area contributed by atoms with E-state index in [4.69, 9.17) is 0 Å². The maximum Gasteiger partial charge on any atom is 0.169 e.